The van der Waals surface area contributed by atoms with Crippen LogP contribution in [0.4, 0.5) is 0 Å². The Kier molecular flexibility index (Phi) is 10.4. The minimum Gasteiger partial charge on any atom is -0.494 e. The quantitative estimate of drug-likeness (QED) is 0.232. The number of ether oxygens (including phenoxy) is 2. The molecular formula is C22H27IN4O2S. The zero-order valence-corrected chi connectivity index (χ0v) is 20.3. The molecule has 160 valence electrons. The van der Waals surface area contributed by atoms with Gasteiger partial charge in [0, 0.05) is 37.3 Å². The minimum absolute atomic E-state index is 0. The molecule has 3 rings (SSSR count). The van der Waals surface area contributed by atoms with Crippen molar-refractivity contribution in [3.05, 3.63) is 70.5 Å². The van der Waals surface area contributed by atoms with Gasteiger partial charge in [0.1, 0.15) is 11.5 Å². The van der Waals surface area contributed by atoms with Crippen molar-refractivity contribution >= 4 is 41.3 Å². The van der Waals surface area contributed by atoms with Crippen molar-refractivity contribution < 1.29 is 9.47 Å². The van der Waals surface area contributed by atoms with Crippen LogP contribution in [0.3, 0.4) is 0 Å². The molecule has 2 N–H and O–H groups in total. The fourth-order valence-electron chi connectivity index (χ4n) is 2.67. The maximum Gasteiger partial charge on any atom is 0.219 e. The first-order chi connectivity index (χ1) is 14.3. The second kappa shape index (κ2) is 13.1. The maximum absolute atomic E-state index is 5.85. The molecule has 0 fully saturated rings. The lowest BCUT2D eigenvalue weighted by Crippen LogP contribution is -2.37. The van der Waals surface area contributed by atoms with E-state index in [2.05, 4.69) is 38.1 Å². The average molecular weight is 538 g/mol. The van der Waals surface area contributed by atoms with Crippen LogP contribution in [-0.2, 0) is 13.0 Å². The standard InChI is InChI=1S/C22H26N4O2S.HI/c1-3-27-18-6-8-19(9-7-18)28-21-15-17(10-12-24-21)16-26-22(23-2)25-13-11-20-5-4-14-29-20;/h4-10,12,14-15H,3,11,13,16H2,1-2H3,(H2,23,25,26);1H. The fourth-order valence-corrected chi connectivity index (χ4v) is 3.38. The lowest BCUT2D eigenvalue weighted by molar-refractivity contribution is 0.339. The first-order valence-electron chi connectivity index (χ1n) is 9.59. The number of benzene rings is 1. The Morgan fingerprint density at radius 2 is 1.90 bits per heavy atom. The number of thiophene rings is 1. The first kappa shape index (κ1) is 23.9. The van der Waals surface area contributed by atoms with Gasteiger partial charge in [-0.15, -0.1) is 35.3 Å². The van der Waals surface area contributed by atoms with E-state index in [0.29, 0.717) is 19.0 Å². The zero-order chi connectivity index (χ0) is 20.3. The van der Waals surface area contributed by atoms with E-state index in [1.165, 1.54) is 4.88 Å². The summed E-state index contributed by atoms with van der Waals surface area (Å²) in [4.78, 5) is 9.93. The number of pyridine rings is 1. The molecule has 0 aliphatic heterocycles. The summed E-state index contributed by atoms with van der Waals surface area (Å²) in [7, 11) is 1.77. The van der Waals surface area contributed by atoms with Gasteiger partial charge in [-0.1, -0.05) is 6.07 Å². The Labute approximate surface area is 198 Å². The summed E-state index contributed by atoms with van der Waals surface area (Å²) in [6, 6.07) is 15.6. The van der Waals surface area contributed by atoms with E-state index in [-0.39, 0.29) is 24.0 Å². The van der Waals surface area contributed by atoms with Crippen molar-refractivity contribution in [3.63, 3.8) is 0 Å². The molecule has 30 heavy (non-hydrogen) atoms. The monoisotopic (exact) mass is 538 g/mol. The smallest absolute Gasteiger partial charge is 0.219 e. The van der Waals surface area contributed by atoms with Crippen LogP contribution in [0.2, 0.25) is 0 Å². The van der Waals surface area contributed by atoms with E-state index in [1.807, 2.05) is 43.3 Å². The molecule has 0 bridgehead atoms. The highest BCUT2D eigenvalue weighted by Crippen LogP contribution is 2.23. The van der Waals surface area contributed by atoms with Gasteiger partial charge in [0.15, 0.2) is 5.96 Å². The number of halogens is 1. The third-order valence-electron chi connectivity index (χ3n) is 4.08. The highest BCUT2D eigenvalue weighted by Gasteiger charge is 2.03. The topological polar surface area (TPSA) is 67.8 Å². The van der Waals surface area contributed by atoms with Crippen molar-refractivity contribution in [2.75, 3.05) is 20.2 Å². The highest BCUT2D eigenvalue weighted by atomic mass is 127. The number of nitrogens with one attached hydrogen (secondary N) is 2. The van der Waals surface area contributed by atoms with Gasteiger partial charge in [-0.3, -0.25) is 4.99 Å². The Balaban J connectivity index is 0.00000320. The molecule has 0 amide bonds. The van der Waals surface area contributed by atoms with Crippen molar-refractivity contribution in [1.29, 1.82) is 0 Å². The number of aromatic nitrogens is 1. The van der Waals surface area contributed by atoms with E-state index >= 15 is 0 Å². The SMILES string of the molecule is CCOc1ccc(Oc2cc(CNC(=NC)NCCc3cccs3)ccn2)cc1.I. The van der Waals surface area contributed by atoms with Gasteiger partial charge in [-0.2, -0.15) is 0 Å². The van der Waals surface area contributed by atoms with Gasteiger partial charge in [0.25, 0.3) is 0 Å². The fraction of sp³-hybridized carbons (Fsp3) is 0.273. The maximum atomic E-state index is 5.85. The van der Waals surface area contributed by atoms with Gasteiger partial charge in [0.05, 0.1) is 6.61 Å². The van der Waals surface area contributed by atoms with Gasteiger partial charge in [-0.05, 0) is 60.7 Å². The van der Waals surface area contributed by atoms with E-state index in [9.17, 15) is 0 Å². The van der Waals surface area contributed by atoms with Crippen LogP contribution < -0.4 is 20.1 Å². The molecular weight excluding hydrogens is 511 g/mol. The number of nitrogens with zero attached hydrogens (tertiary/aromatic N) is 2. The Morgan fingerprint density at radius 3 is 2.60 bits per heavy atom. The van der Waals surface area contributed by atoms with Crippen LogP contribution in [-0.4, -0.2) is 31.1 Å². The minimum atomic E-state index is 0. The van der Waals surface area contributed by atoms with E-state index in [0.717, 1.165) is 36.0 Å². The highest BCUT2D eigenvalue weighted by molar-refractivity contribution is 14.0. The van der Waals surface area contributed by atoms with Crippen LogP contribution in [0, 0.1) is 0 Å². The van der Waals surface area contributed by atoms with Crippen LogP contribution in [0.5, 0.6) is 17.4 Å². The summed E-state index contributed by atoms with van der Waals surface area (Å²) in [5.41, 5.74) is 1.06. The summed E-state index contributed by atoms with van der Waals surface area (Å²) in [6.45, 7) is 4.06. The van der Waals surface area contributed by atoms with Crippen LogP contribution in [0.15, 0.2) is 65.1 Å². The Hall–Kier alpha value is -2.33. The van der Waals surface area contributed by atoms with Crippen molar-refractivity contribution in [2.45, 2.75) is 19.9 Å². The molecule has 2 aromatic heterocycles. The van der Waals surface area contributed by atoms with Crippen LogP contribution in [0.1, 0.15) is 17.4 Å². The lowest BCUT2D eigenvalue weighted by atomic mass is 10.2. The molecule has 0 aliphatic carbocycles. The molecule has 0 aliphatic rings. The third kappa shape index (κ3) is 7.83. The number of aliphatic imine (C=N–C) groups is 1. The molecule has 6 nitrogen and oxygen atoms in total. The molecule has 0 atom stereocenters. The van der Waals surface area contributed by atoms with E-state index in [1.54, 1.807) is 24.6 Å². The second-order valence-corrected chi connectivity index (χ2v) is 7.22. The van der Waals surface area contributed by atoms with Crippen LogP contribution in [0.25, 0.3) is 0 Å². The molecule has 0 saturated carbocycles. The first-order valence-corrected chi connectivity index (χ1v) is 10.5. The van der Waals surface area contributed by atoms with E-state index in [4.69, 9.17) is 9.47 Å². The summed E-state index contributed by atoms with van der Waals surface area (Å²) in [6.07, 6.45) is 2.72. The predicted octanol–water partition coefficient (Wildman–Crippen LogP) is 4.86. The number of hydrogen-bond acceptors (Lipinski definition) is 5. The van der Waals surface area contributed by atoms with Crippen molar-refractivity contribution in [2.24, 2.45) is 4.99 Å². The van der Waals surface area contributed by atoms with Gasteiger partial charge in [-0.25, -0.2) is 4.98 Å². The molecule has 0 unspecified atom stereocenters. The zero-order valence-electron chi connectivity index (χ0n) is 17.1. The van der Waals surface area contributed by atoms with E-state index < -0.39 is 0 Å². The van der Waals surface area contributed by atoms with Gasteiger partial charge < -0.3 is 20.1 Å². The Bertz CT molecular complexity index is 902. The lowest BCUT2D eigenvalue weighted by Gasteiger charge is -2.12. The van der Waals surface area contributed by atoms with Gasteiger partial charge >= 0.3 is 0 Å². The summed E-state index contributed by atoms with van der Waals surface area (Å²) in [5.74, 6) is 2.86. The van der Waals surface area contributed by atoms with Crippen molar-refractivity contribution in [3.8, 4) is 17.4 Å². The molecule has 0 spiro atoms. The second-order valence-electron chi connectivity index (χ2n) is 6.19. The normalized spacial score (nSPS) is 10.8. The molecule has 3 aromatic rings. The largest absolute Gasteiger partial charge is 0.494 e. The van der Waals surface area contributed by atoms with Gasteiger partial charge in [0.2, 0.25) is 5.88 Å². The predicted molar refractivity (Wildman–Crippen MR) is 134 cm³/mol. The third-order valence-corrected chi connectivity index (χ3v) is 5.02. The Morgan fingerprint density at radius 1 is 1.10 bits per heavy atom. The average Bonchev–Trinajstić information content (AvgIpc) is 3.26. The van der Waals surface area contributed by atoms with Crippen molar-refractivity contribution in [1.82, 2.24) is 15.6 Å². The number of rotatable bonds is 9. The summed E-state index contributed by atoms with van der Waals surface area (Å²) in [5, 5.41) is 8.75. The molecule has 8 heteroatoms. The van der Waals surface area contributed by atoms with Crippen LogP contribution >= 0.6 is 35.3 Å². The number of hydrogen-bond donors (Lipinski definition) is 2. The molecule has 2 heterocycles. The summed E-state index contributed by atoms with van der Waals surface area (Å²) >= 11 is 1.77. The summed E-state index contributed by atoms with van der Waals surface area (Å²) < 4.78 is 11.3. The molecule has 1 aromatic carbocycles. The number of guanidine groups is 1. The molecule has 0 saturated heterocycles. The molecule has 0 radical (unpaired) electrons.